The van der Waals surface area contributed by atoms with Crippen LogP contribution >= 0.6 is 23.2 Å². The van der Waals surface area contributed by atoms with Gasteiger partial charge in [0.05, 0.1) is 11.6 Å². The van der Waals surface area contributed by atoms with E-state index in [9.17, 15) is 0 Å². The van der Waals surface area contributed by atoms with Crippen LogP contribution in [-0.2, 0) is 5.88 Å². The zero-order valence-corrected chi connectivity index (χ0v) is 9.50. The molecule has 1 heterocycles. The second-order valence-electron chi connectivity index (χ2n) is 3.02. The van der Waals surface area contributed by atoms with Crippen molar-refractivity contribution in [3.05, 3.63) is 34.6 Å². The van der Waals surface area contributed by atoms with Gasteiger partial charge in [0.1, 0.15) is 0 Å². The molecule has 2 aromatic rings. The van der Waals surface area contributed by atoms with Crippen LogP contribution in [0.25, 0.3) is 5.69 Å². The normalized spacial score (nSPS) is 10.6. The van der Waals surface area contributed by atoms with Crippen molar-refractivity contribution in [2.75, 3.05) is 0 Å². The fourth-order valence-corrected chi connectivity index (χ4v) is 1.64. The van der Waals surface area contributed by atoms with Crippen molar-refractivity contribution in [1.82, 2.24) is 20.2 Å². The molecule has 2 rings (SSSR count). The Balaban J connectivity index is 2.59. The summed E-state index contributed by atoms with van der Waals surface area (Å²) in [6.45, 7) is 1.91. The number of rotatable bonds is 2. The lowest BCUT2D eigenvalue weighted by Gasteiger charge is -2.07. The largest absolute Gasteiger partial charge is 0.196 e. The fraction of sp³-hybridized carbons (Fsp3) is 0.222. The van der Waals surface area contributed by atoms with Crippen LogP contribution in [0.15, 0.2) is 18.2 Å². The number of benzene rings is 1. The topological polar surface area (TPSA) is 43.6 Å². The first-order valence-electron chi connectivity index (χ1n) is 4.32. The summed E-state index contributed by atoms with van der Waals surface area (Å²) in [5, 5.41) is 11.9. The molecule has 0 fully saturated rings. The van der Waals surface area contributed by atoms with Gasteiger partial charge in [-0.2, -0.15) is 4.68 Å². The predicted molar refractivity (Wildman–Crippen MR) is 58.5 cm³/mol. The van der Waals surface area contributed by atoms with Gasteiger partial charge in [0.25, 0.3) is 0 Å². The zero-order valence-electron chi connectivity index (χ0n) is 7.98. The van der Waals surface area contributed by atoms with Crippen LogP contribution in [0.2, 0.25) is 5.02 Å². The molecule has 0 aliphatic carbocycles. The molecular weight excluding hydrogens is 235 g/mol. The first-order valence-corrected chi connectivity index (χ1v) is 5.24. The minimum Gasteiger partial charge on any atom is -0.196 e. The molecule has 78 valence electrons. The molecule has 15 heavy (non-hydrogen) atoms. The lowest BCUT2D eigenvalue weighted by Crippen LogP contribution is -2.03. The van der Waals surface area contributed by atoms with Gasteiger partial charge in [0.2, 0.25) is 0 Å². The first kappa shape index (κ1) is 10.4. The smallest absolute Gasteiger partial charge is 0.171 e. The Labute approximate surface area is 96.8 Å². The Kier molecular flexibility index (Phi) is 2.88. The summed E-state index contributed by atoms with van der Waals surface area (Å²) in [6, 6.07) is 5.57. The molecule has 0 aliphatic heterocycles. The Bertz CT molecular complexity index is 481. The van der Waals surface area contributed by atoms with Gasteiger partial charge in [-0.3, -0.25) is 0 Å². The van der Waals surface area contributed by atoms with Crippen LogP contribution in [-0.4, -0.2) is 20.2 Å². The number of tetrazole rings is 1. The third-order valence-electron chi connectivity index (χ3n) is 2.12. The summed E-state index contributed by atoms with van der Waals surface area (Å²) in [5.41, 5.74) is 1.78. The van der Waals surface area contributed by atoms with Gasteiger partial charge in [0.15, 0.2) is 5.82 Å². The quantitative estimate of drug-likeness (QED) is 0.760. The molecule has 0 amide bonds. The maximum atomic E-state index is 6.01. The second-order valence-corrected chi connectivity index (χ2v) is 3.70. The number of nitrogens with zero attached hydrogens (tertiary/aromatic N) is 4. The molecule has 1 aromatic heterocycles. The van der Waals surface area contributed by atoms with Crippen molar-refractivity contribution >= 4 is 23.2 Å². The van der Waals surface area contributed by atoms with Crippen LogP contribution < -0.4 is 0 Å². The molecule has 0 unspecified atom stereocenters. The Morgan fingerprint density at radius 2 is 2.20 bits per heavy atom. The maximum Gasteiger partial charge on any atom is 0.171 e. The highest BCUT2D eigenvalue weighted by atomic mass is 35.5. The zero-order chi connectivity index (χ0) is 10.8. The van der Waals surface area contributed by atoms with Crippen molar-refractivity contribution in [1.29, 1.82) is 0 Å². The van der Waals surface area contributed by atoms with E-state index in [-0.39, 0.29) is 5.88 Å². The fourth-order valence-electron chi connectivity index (χ4n) is 1.30. The van der Waals surface area contributed by atoms with E-state index in [1.165, 1.54) is 0 Å². The highest BCUT2D eigenvalue weighted by Gasteiger charge is 2.10. The van der Waals surface area contributed by atoms with Crippen molar-refractivity contribution in [3.63, 3.8) is 0 Å². The molecule has 0 aliphatic rings. The summed E-state index contributed by atoms with van der Waals surface area (Å²) in [4.78, 5) is 0. The summed E-state index contributed by atoms with van der Waals surface area (Å²) < 4.78 is 1.59. The minimum atomic E-state index is 0.263. The predicted octanol–water partition coefficient (Wildman–Crippen LogP) is 2.36. The summed E-state index contributed by atoms with van der Waals surface area (Å²) in [5.74, 6) is 0.862. The van der Waals surface area contributed by atoms with Gasteiger partial charge < -0.3 is 0 Å². The van der Waals surface area contributed by atoms with Crippen molar-refractivity contribution in [3.8, 4) is 5.69 Å². The summed E-state index contributed by atoms with van der Waals surface area (Å²) >= 11 is 11.7. The van der Waals surface area contributed by atoms with E-state index < -0.39 is 0 Å². The van der Waals surface area contributed by atoms with E-state index in [1.807, 2.05) is 25.1 Å². The van der Waals surface area contributed by atoms with Crippen LogP contribution in [0.3, 0.4) is 0 Å². The van der Waals surface area contributed by atoms with E-state index in [0.29, 0.717) is 10.8 Å². The van der Waals surface area contributed by atoms with Crippen LogP contribution in [0, 0.1) is 6.92 Å². The van der Waals surface area contributed by atoms with Crippen molar-refractivity contribution in [2.24, 2.45) is 0 Å². The lowest BCUT2D eigenvalue weighted by atomic mass is 10.2. The van der Waals surface area contributed by atoms with Gasteiger partial charge in [0, 0.05) is 5.02 Å². The van der Waals surface area contributed by atoms with Gasteiger partial charge >= 0.3 is 0 Å². The van der Waals surface area contributed by atoms with Crippen molar-refractivity contribution in [2.45, 2.75) is 12.8 Å². The molecule has 6 heteroatoms. The molecule has 0 N–H and O–H groups in total. The Hall–Kier alpha value is -1.13. The van der Waals surface area contributed by atoms with Crippen molar-refractivity contribution < 1.29 is 0 Å². The van der Waals surface area contributed by atoms with Gasteiger partial charge in [-0.1, -0.05) is 17.7 Å². The standard InChI is InChI=1S/C9H8Cl2N4/c1-6-7(11)3-2-4-8(6)15-9(5-10)12-13-14-15/h2-4H,5H2,1H3. The molecule has 0 bridgehead atoms. The Morgan fingerprint density at radius 1 is 1.40 bits per heavy atom. The first-order chi connectivity index (χ1) is 7.24. The van der Waals surface area contributed by atoms with Gasteiger partial charge in [-0.25, -0.2) is 0 Å². The number of halogens is 2. The minimum absolute atomic E-state index is 0.263. The van der Waals surface area contributed by atoms with Crippen LogP contribution in [0.5, 0.6) is 0 Å². The van der Waals surface area contributed by atoms with E-state index in [0.717, 1.165) is 11.3 Å². The summed E-state index contributed by atoms with van der Waals surface area (Å²) in [7, 11) is 0. The van der Waals surface area contributed by atoms with Crippen LogP contribution in [0.4, 0.5) is 0 Å². The SMILES string of the molecule is Cc1c(Cl)cccc1-n1nnnc1CCl. The molecule has 0 atom stereocenters. The van der Waals surface area contributed by atoms with Crippen LogP contribution in [0.1, 0.15) is 11.4 Å². The average molecular weight is 243 g/mol. The lowest BCUT2D eigenvalue weighted by molar-refractivity contribution is 0.773. The maximum absolute atomic E-state index is 6.01. The molecule has 0 radical (unpaired) electrons. The van der Waals surface area contributed by atoms with Gasteiger partial charge in [-0.15, -0.1) is 16.7 Å². The monoisotopic (exact) mass is 242 g/mol. The van der Waals surface area contributed by atoms with E-state index in [1.54, 1.807) is 4.68 Å². The highest BCUT2D eigenvalue weighted by molar-refractivity contribution is 6.31. The number of hydrogen-bond donors (Lipinski definition) is 0. The van der Waals surface area contributed by atoms with E-state index >= 15 is 0 Å². The highest BCUT2D eigenvalue weighted by Crippen LogP contribution is 2.22. The number of hydrogen-bond acceptors (Lipinski definition) is 3. The second kappa shape index (κ2) is 4.16. The average Bonchev–Trinajstić information content (AvgIpc) is 2.70. The number of alkyl halides is 1. The Morgan fingerprint density at radius 3 is 2.93 bits per heavy atom. The molecule has 0 saturated heterocycles. The molecule has 4 nitrogen and oxygen atoms in total. The summed E-state index contributed by atoms with van der Waals surface area (Å²) in [6.07, 6.45) is 0. The third-order valence-corrected chi connectivity index (χ3v) is 2.77. The molecule has 1 aromatic carbocycles. The van der Waals surface area contributed by atoms with Gasteiger partial charge in [-0.05, 0) is 35.0 Å². The number of aromatic nitrogens is 4. The molecule has 0 saturated carbocycles. The van der Waals surface area contributed by atoms with E-state index in [2.05, 4.69) is 15.5 Å². The molecular formula is C9H8Cl2N4. The van der Waals surface area contributed by atoms with E-state index in [4.69, 9.17) is 23.2 Å². The third kappa shape index (κ3) is 1.82. The molecule has 0 spiro atoms.